The van der Waals surface area contributed by atoms with Crippen LogP contribution in [0.5, 0.6) is 11.6 Å². The molecule has 0 spiro atoms. The van der Waals surface area contributed by atoms with E-state index in [9.17, 15) is 0 Å². The number of ether oxygens (including phenoxy) is 1. The number of fused-ring (bicyclic) bond motifs is 1. The third-order valence-electron chi connectivity index (χ3n) is 2.72. The minimum atomic E-state index is 0.558. The first-order valence-corrected chi connectivity index (χ1v) is 7.30. The van der Waals surface area contributed by atoms with Crippen LogP contribution in [-0.4, -0.2) is 26.3 Å². The number of aryl methyl sites for hydroxylation is 1. The van der Waals surface area contributed by atoms with Crippen LogP contribution in [0.15, 0.2) is 23.8 Å². The fourth-order valence-electron chi connectivity index (χ4n) is 1.79. The lowest BCUT2D eigenvalue weighted by atomic mass is 10.4. The van der Waals surface area contributed by atoms with Crippen molar-refractivity contribution in [2.24, 2.45) is 7.05 Å². The molecule has 0 saturated heterocycles. The second-order valence-corrected chi connectivity index (χ2v) is 5.26. The zero-order valence-electron chi connectivity index (χ0n) is 11.3. The van der Waals surface area contributed by atoms with Gasteiger partial charge in [-0.05, 0) is 17.9 Å². The van der Waals surface area contributed by atoms with Gasteiger partial charge in [0.25, 0.3) is 0 Å². The van der Waals surface area contributed by atoms with Gasteiger partial charge in [0.2, 0.25) is 11.8 Å². The summed E-state index contributed by atoms with van der Waals surface area (Å²) in [6.45, 7) is 2.94. The van der Waals surface area contributed by atoms with E-state index in [1.54, 1.807) is 28.4 Å². The van der Waals surface area contributed by atoms with Crippen molar-refractivity contribution in [2.45, 2.75) is 13.3 Å². The van der Waals surface area contributed by atoms with Crippen molar-refractivity contribution in [3.05, 3.63) is 23.8 Å². The number of hydrogen-bond donors (Lipinski definition) is 1. The fraction of sp³-hybridized carbons (Fsp3) is 0.308. The van der Waals surface area contributed by atoms with Crippen molar-refractivity contribution in [3.63, 3.8) is 0 Å². The third-order valence-corrected chi connectivity index (χ3v) is 3.53. The van der Waals surface area contributed by atoms with Crippen molar-refractivity contribution in [3.8, 4) is 11.6 Å². The van der Waals surface area contributed by atoms with Crippen LogP contribution in [0.25, 0.3) is 10.2 Å². The van der Waals surface area contributed by atoms with Crippen molar-refractivity contribution >= 4 is 27.5 Å². The summed E-state index contributed by atoms with van der Waals surface area (Å²) >= 11 is 1.57. The zero-order valence-corrected chi connectivity index (χ0v) is 12.1. The number of anilines is 1. The van der Waals surface area contributed by atoms with E-state index < -0.39 is 0 Å². The quantitative estimate of drug-likeness (QED) is 0.782. The second-order valence-electron chi connectivity index (χ2n) is 4.37. The van der Waals surface area contributed by atoms with Gasteiger partial charge in [0, 0.05) is 13.6 Å². The minimum Gasteiger partial charge on any atom is -0.435 e. The highest BCUT2D eigenvalue weighted by molar-refractivity contribution is 7.16. The first-order valence-electron chi connectivity index (χ1n) is 6.42. The van der Waals surface area contributed by atoms with E-state index in [2.05, 4.69) is 27.3 Å². The Bertz CT molecular complexity index is 720. The summed E-state index contributed by atoms with van der Waals surface area (Å²) < 4.78 is 7.52. The third kappa shape index (κ3) is 2.57. The summed E-state index contributed by atoms with van der Waals surface area (Å²) in [5.41, 5.74) is 0. The predicted molar refractivity (Wildman–Crippen MR) is 79.5 cm³/mol. The van der Waals surface area contributed by atoms with Gasteiger partial charge in [0.05, 0.1) is 17.8 Å². The van der Waals surface area contributed by atoms with Gasteiger partial charge in [-0.1, -0.05) is 6.92 Å². The van der Waals surface area contributed by atoms with Crippen LogP contribution in [0.1, 0.15) is 13.3 Å². The Morgan fingerprint density at radius 1 is 1.40 bits per heavy atom. The summed E-state index contributed by atoms with van der Waals surface area (Å²) in [5.74, 6) is 1.82. The van der Waals surface area contributed by atoms with E-state index in [1.165, 1.54) is 0 Å². The monoisotopic (exact) mass is 289 g/mol. The molecule has 0 unspecified atom stereocenters. The number of nitrogens with one attached hydrogen (secondary N) is 1. The van der Waals surface area contributed by atoms with E-state index in [0.717, 1.165) is 23.2 Å². The number of rotatable bonds is 5. The smallest absolute Gasteiger partial charge is 0.233 e. The Labute approximate surface area is 120 Å². The van der Waals surface area contributed by atoms with Crippen LogP contribution >= 0.6 is 11.3 Å². The van der Waals surface area contributed by atoms with E-state index in [0.29, 0.717) is 17.6 Å². The van der Waals surface area contributed by atoms with Gasteiger partial charge < -0.3 is 10.1 Å². The van der Waals surface area contributed by atoms with Gasteiger partial charge in [0.1, 0.15) is 4.83 Å². The maximum atomic E-state index is 5.82. The van der Waals surface area contributed by atoms with Gasteiger partial charge in [-0.2, -0.15) is 10.1 Å². The molecule has 0 aliphatic rings. The highest BCUT2D eigenvalue weighted by atomic mass is 32.1. The molecular weight excluding hydrogens is 274 g/mol. The highest BCUT2D eigenvalue weighted by Crippen LogP contribution is 2.31. The first kappa shape index (κ1) is 12.9. The Hall–Kier alpha value is -2.15. The first-order chi connectivity index (χ1) is 9.76. The molecule has 6 nitrogen and oxygen atoms in total. The lowest BCUT2D eigenvalue weighted by Gasteiger charge is -2.07. The average Bonchev–Trinajstić information content (AvgIpc) is 3.05. The van der Waals surface area contributed by atoms with Crippen molar-refractivity contribution in [1.29, 1.82) is 0 Å². The lowest BCUT2D eigenvalue weighted by molar-refractivity contribution is 0.468. The summed E-state index contributed by atoms with van der Waals surface area (Å²) in [5, 5.41) is 10.2. The maximum Gasteiger partial charge on any atom is 0.233 e. The Balaban J connectivity index is 1.96. The molecule has 0 bridgehead atoms. The summed E-state index contributed by atoms with van der Waals surface area (Å²) in [6.07, 6.45) is 4.49. The van der Waals surface area contributed by atoms with Crippen LogP contribution in [0.4, 0.5) is 5.95 Å². The number of hydrogen-bond acceptors (Lipinski definition) is 6. The van der Waals surface area contributed by atoms with Crippen molar-refractivity contribution in [2.75, 3.05) is 11.9 Å². The van der Waals surface area contributed by atoms with Crippen LogP contribution in [-0.2, 0) is 7.05 Å². The summed E-state index contributed by atoms with van der Waals surface area (Å²) in [6, 6.07) is 1.97. The van der Waals surface area contributed by atoms with Gasteiger partial charge >= 0.3 is 0 Å². The molecule has 3 rings (SSSR count). The molecular formula is C13H15N5OS. The molecule has 3 heterocycles. The molecule has 7 heteroatoms. The molecule has 0 atom stereocenters. The molecule has 0 aliphatic carbocycles. The summed E-state index contributed by atoms with van der Waals surface area (Å²) in [4.78, 5) is 9.83. The normalized spacial score (nSPS) is 10.9. The molecule has 1 N–H and O–H groups in total. The topological polar surface area (TPSA) is 64.9 Å². The van der Waals surface area contributed by atoms with Gasteiger partial charge in [0.15, 0.2) is 5.75 Å². The molecule has 0 aromatic carbocycles. The Morgan fingerprint density at radius 2 is 2.30 bits per heavy atom. The largest absolute Gasteiger partial charge is 0.435 e. The van der Waals surface area contributed by atoms with Crippen LogP contribution < -0.4 is 10.1 Å². The average molecular weight is 289 g/mol. The zero-order chi connectivity index (χ0) is 13.9. The summed E-state index contributed by atoms with van der Waals surface area (Å²) in [7, 11) is 1.85. The molecule has 3 aromatic rings. The number of thiophene rings is 1. The lowest BCUT2D eigenvalue weighted by Crippen LogP contribution is -2.04. The van der Waals surface area contributed by atoms with Crippen molar-refractivity contribution < 1.29 is 4.74 Å². The molecule has 0 fully saturated rings. The molecule has 20 heavy (non-hydrogen) atoms. The highest BCUT2D eigenvalue weighted by Gasteiger charge is 2.11. The van der Waals surface area contributed by atoms with E-state index in [-0.39, 0.29) is 0 Å². The minimum absolute atomic E-state index is 0.558. The van der Waals surface area contributed by atoms with E-state index in [4.69, 9.17) is 4.74 Å². The molecule has 0 radical (unpaired) electrons. The second kappa shape index (κ2) is 5.46. The molecule has 3 aromatic heterocycles. The van der Waals surface area contributed by atoms with Gasteiger partial charge in [-0.15, -0.1) is 11.3 Å². The SMILES string of the molecule is CCCNc1nc(Oc2cnn(C)c2)c2ccsc2n1. The fourth-order valence-corrected chi connectivity index (χ4v) is 2.54. The number of nitrogens with zero attached hydrogens (tertiary/aromatic N) is 4. The molecule has 104 valence electrons. The Morgan fingerprint density at radius 3 is 3.05 bits per heavy atom. The van der Waals surface area contributed by atoms with E-state index >= 15 is 0 Å². The van der Waals surface area contributed by atoms with Crippen LogP contribution in [0.3, 0.4) is 0 Å². The molecule has 0 saturated carbocycles. The van der Waals surface area contributed by atoms with E-state index in [1.807, 2.05) is 18.5 Å². The molecule has 0 aliphatic heterocycles. The maximum absolute atomic E-state index is 5.82. The number of aromatic nitrogens is 4. The van der Waals surface area contributed by atoms with Gasteiger partial charge in [-0.25, -0.2) is 4.98 Å². The van der Waals surface area contributed by atoms with Crippen LogP contribution in [0, 0.1) is 0 Å². The predicted octanol–water partition coefficient (Wildman–Crippen LogP) is 3.04. The van der Waals surface area contributed by atoms with Gasteiger partial charge in [-0.3, -0.25) is 4.68 Å². The molecule has 0 amide bonds. The standard InChI is InChI=1S/C13H15N5OS/c1-3-5-14-13-16-11(10-4-6-20-12(10)17-13)19-9-7-15-18(2)8-9/h4,6-8H,3,5H2,1-2H3,(H,14,16,17). The van der Waals surface area contributed by atoms with Crippen LogP contribution in [0.2, 0.25) is 0 Å². The Kier molecular flexibility index (Phi) is 3.51. The van der Waals surface area contributed by atoms with Crippen molar-refractivity contribution in [1.82, 2.24) is 19.7 Å².